The van der Waals surface area contributed by atoms with E-state index in [1.807, 2.05) is 32.0 Å². The SMILES string of the molecule is CC.CCCP(OCC)c1ccc(C(N)c2ccccc2)cc1. The monoisotopic (exact) mass is 331 g/mol. The lowest BCUT2D eigenvalue weighted by Crippen LogP contribution is -2.13. The molecule has 0 aromatic heterocycles. The first-order valence-corrected chi connectivity index (χ1v) is 10.0. The summed E-state index contributed by atoms with van der Waals surface area (Å²) in [4.78, 5) is 0. The maximum absolute atomic E-state index is 6.33. The van der Waals surface area contributed by atoms with Gasteiger partial charge in [-0.25, -0.2) is 0 Å². The Balaban J connectivity index is 0.00000127. The predicted molar refractivity (Wildman–Crippen MR) is 104 cm³/mol. The maximum Gasteiger partial charge on any atom is 0.0603 e. The third-order valence-corrected chi connectivity index (χ3v) is 5.71. The van der Waals surface area contributed by atoms with Gasteiger partial charge in [0, 0.05) is 11.9 Å². The first-order chi connectivity index (χ1) is 11.3. The van der Waals surface area contributed by atoms with Crippen LogP contribution in [-0.2, 0) is 4.52 Å². The van der Waals surface area contributed by atoms with E-state index in [-0.39, 0.29) is 6.04 Å². The van der Waals surface area contributed by atoms with E-state index in [1.54, 1.807) is 0 Å². The second-order valence-corrected chi connectivity index (χ2v) is 6.98. The molecule has 23 heavy (non-hydrogen) atoms. The number of rotatable bonds is 7. The number of benzene rings is 2. The summed E-state index contributed by atoms with van der Waals surface area (Å²) in [6, 6.07) is 18.8. The zero-order valence-corrected chi connectivity index (χ0v) is 15.7. The minimum atomic E-state index is -0.483. The summed E-state index contributed by atoms with van der Waals surface area (Å²) in [7, 11) is -0.483. The molecule has 2 rings (SSSR count). The summed E-state index contributed by atoms with van der Waals surface area (Å²) < 4.78 is 5.89. The Hall–Kier alpha value is -1.21. The summed E-state index contributed by atoms with van der Waals surface area (Å²) in [6.07, 6.45) is 2.27. The Morgan fingerprint density at radius 1 is 0.913 bits per heavy atom. The summed E-state index contributed by atoms with van der Waals surface area (Å²) in [6.45, 7) is 9.04. The quantitative estimate of drug-likeness (QED) is 0.705. The molecule has 0 aliphatic heterocycles. The molecule has 2 unspecified atom stereocenters. The standard InChI is InChI=1S/C18H24NOP.C2H6/c1-3-14-21(20-4-2)17-12-10-16(11-13-17)18(19)15-8-6-5-7-9-15;1-2/h5-13,18H,3-4,14,19H2,1-2H3;1-2H3. The summed E-state index contributed by atoms with van der Waals surface area (Å²) in [5.41, 5.74) is 8.62. The fourth-order valence-electron chi connectivity index (χ4n) is 2.33. The third-order valence-electron chi connectivity index (χ3n) is 3.41. The zero-order valence-electron chi connectivity index (χ0n) is 14.8. The molecular formula is C20H30NOP. The highest BCUT2D eigenvalue weighted by Gasteiger charge is 2.12. The summed E-state index contributed by atoms with van der Waals surface area (Å²) in [5.74, 6) is 0. The van der Waals surface area contributed by atoms with E-state index in [2.05, 4.69) is 50.2 Å². The van der Waals surface area contributed by atoms with Gasteiger partial charge < -0.3 is 10.3 Å². The van der Waals surface area contributed by atoms with Gasteiger partial charge in [-0.2, -0.15) is 0 Å². The Bertz CT molecular complexity index is 521. The van der Waals surface area contributed by atoms with E-state index >= 15 is 0 Å². The summed E-state index contributed by atoms with van der Waals surface area (Å²) in [5, 5.41) is 1.30. The smallest absolute Gasteiger partial charge is 0.0603 e. The van der Waals surface area contributed by atoms with Crippen LogP contribution in [0.25, 0.3) is 0 Å². The van der Waals surface area contributed by atoms with Gasteiger partial charge in [-0.15, -0.1) is 0 Å². The van der Waals surface area contributed by atoms with Gasteiger partial charge >= 0.3 is 0 Å². The van der Waals surface area contributed by atoms with Crippen LogP contribution in [0.3, 0.4) is 0 Å². The van der Waals surface area contributed by atoms with Crippen LogP contribution in [0, 0.1) is 0 Å². The van der Waals surface area contributed by atoms with Crippen molar-refractivity contribution in [1.82, 2.24) is 0 Å². The highest BCUT2D eigenvalue weighted by molar-refractivity contribution is 7.60. The zero-order chi connectivity index (χ0) is 17.1. The predicted octanol–water partition coefficient (Wildman–Crippen LogP) is 5.23. The molecule has 0 saturated carbocycles. The lowest BCUT2D eigenvalue weighted by molar-refractivity contribution is 0.382. The van der Waals surface area contributed by atoms with Crippen molar-refractivity contribution in [3.8, 4) is 0 Å². The Kier molecular flexibility index (Phi) is 9.78. The van der Waals surface area contributed by atoms with Gasteiger partial charge in [0.2, 0.25) is 0 Å². The van der Waals surface area contributed by atoms with Gasteiger partial charge in [0.25, 0.3) is 0 Å². The van der Waals surface area contributed by atoms with E-state index in [0.717, 1.165) is 30.3 Å². The van der Waals surface area contributed by atoms with Gasteiger partial charge in [-0.05, 0) is 30.6 Å². The molecule has 0 fully saturated rings. The van der Waals surface area contributed by atoms with Crippen molar-refractivity contribution in [2.24, 2.45) is 5.73 Å². The number of nitrogens with two attached hydrogens (primary N) is 1. The molecule has 0 aliphatic carbocycles. The molecule has 2 N–H and O–H groups in total. The van der Waals surface area contributed by atoms with E-state index in [4.69, 9.17) is 10.3 Å². The molecule has 2 aromatic rings. The minimum absolute atomic E-state index is 0.0650. The third kappa shape index (κ3) is 6.06. The van der Waals surface area contributed by atoms with Crippen molar-refractivity contribution < 1.29 is 4.52 Å². The highest BCUT2D eigenvalue weighted by atomic mass is 31.1. The largest absolute Gasteiger partial charge is 0.355 e. The van der Waals surface area contributed by atoms with E-state index in [1.165, 1.54) is 5.30 Å². The van der Waals surface area contributed by atoms with Gasteiger partial charge in [0.1, 0.15) is 0 Å². The molecule has 0 spiro atoms. The molecule has 2 aromatic carbocycles. The van der Waals surface area contributed by atoms with Crippen molar-refractivity contribution >= 4 is 13.5 Å². The molecule has 0 amide bonds. The second kappa shape index (κ2) is 11.3. The van der Waals surface area contributed by atoms with Gasteiger partial charge in [0.15, 0.2) is 0 Å². The van der Waals surface area contributed by atoms with Crippen molar-refractivity contribution in [2.75, 3.05) is 12.8 Å². The highest BCUT2D eigenvalue weighted by Crippen LogP contribution is 2.36. The number of hydrogen-bond donors (Lipinski definition) is 1. The molecule has 0 bridgehead atoms. The molecule has 126 valence electrons. The molecule has 0 heterocycles. The van der Waals surface area contributed by atoms with Crippen LogP contribution in [-0.4, -0.2) is 12.8 Å². The fourth-order valence-corrected chi connectivity index (χ4v) is 4.06. The van der Waals surface area contributed by atoms with E-state index in [0.29, 0.717) is 0 Å². The van der Waals surface area contributed by atoms with E-state index in [9.17, 15) is 0 Å². The van der Waals surface area contributed by atoms with Crippen LogP contribution >= 0.6 is 8.15 Å². The van der Waals surface area contributed by atoms with Gasteiger partial charge in [-0.3, -0.25) is 0 Å². The average molecular weight is 331 g/mol. The van der Waals surface area contributed by atoms with Crippen LogP contribution < -0.4 is 11.0 Å². The van der Waals surface area contributed by atoms with Crippen LogP contribution in [0.4, 0.5) is 0 Å². The van der Waals surface area contributed by atoms with Gasteiger partial charge in [-0.1, -0.05) is 75.4 Å². The second-order valence-electron chi connectivity index (χ2n) is 5.00. The molecule has 0 radical (unpaired) electrons. The Morgan fingerprint density at radius 3 is 2.00 bits per heavy atom. The number of hydrogen-bond acceptors (Lipinski definition) is 2. The molecular weight excluding hydrogens is 301 g/mol. The Morgan fingerprint density at radius 2 is 1.48 bits per heavy atom. The lowest BCUT2D eigenvalue weighted by Gasteiger charge is -2.18. The Labute approximate surface area is 142 Å². The van der Waals surface area contributed by atoms with Crippen molar-refractivity contribution in [1.29, 1.82) is 0 Å². The first-order valence-electron chi connectivity index (χ1n) is 8.57. The van der Waals surface area contributed by atoms with Crippen molar-refractivity contribution in [2.45, 2.75) is 40.2 Å². The fraction of sp³-hybridized carbons (Fsp3) is 0.400. The van der Waals surface area contributed by atoms with E-state index < -0.39 is 8.15 Å². The molecule has 3 heteroatoms. The van der Waals surface area contributed by atoms with Crippen LogP contribution in [0.5, 0.6) is 0 Å². The van der Waals surface area contributed by atoms with Crippen LogP contribution in [0.15, 0.2) is 54.6 Å². The molecule has 0 aliphatic rings. The van der Waals surface area contributed by atoms with Crippen molar-refractivity contribution in [3.05, 3.63) is 65.7 Å². The van der Waals surface area contributed by atoms with Crippen molar-refractivity contribution in [3.63, 3.8) is 0 Å². The summed E-state index contributed by atoms with van der Waals surface area (Å²) >= 11 is 0. The lowest BCUT2D eigenvalue weighted by atomic mass is 10.00. The van der Waals surface area contributed by atoms with Gasteiger partial charge in [0.05, 0.1) is 14.2 Å². The van der Waals surface area contributed by atoms with Crippen LogP contribution in [0.2, 0.25) is 0 Å². The topological polar surface area (TPSA) is 35.2 Å². The normalized spacial score (nSPS) is 12.9. The molecule has 0 saturated heterocycles. The first kappa shape index (κ1) is 19.8. The molecule has 2 atom stereocenters. The average Bonchev–Trinajstić information content (AvgIpc) is 2.63. The maximum atomic E-state index is 6.33. The minimum Gasteiger partial charge on any atom is -0.355 e. The van der Waals surface area contributed by atoms with Crippen LogP contribution in [0.1, 0.15) is 51.3 Å². The molecule has 2 nitrogen and oxygen atoms in total.